The number of nitrogens with zero attached hydrogens (tertiary/aromatic N) is 3. The zero-order valence-corrected chi connectivity index (χ0v) is 14.9. The second-order valence-electron chi connectivity index (χ2n) is 5.58. The van der Waals surface area contributed by atoms with Gasteiger partial charge in [0.05, 0.1) is 11.1 Å². The van der Waals surface area contributed by atoms with Crippen LogP contribution in [0.5, 0.6) is 0 Å². The summed E-state index contributed by atoms with van der Waals surface area (Å²) in [6.07, 6.45) is 4.05. The molecule has 1 aliphatic rings. The molecule has 132 valence electrons. The fourth-order valence-corrected chi connectivity index (χ4v) is 4.08. The zero-order valence-electron chi connectivity index (χ0n) is 13.3. The van der Waals surface area contributed by atoms with Gasteiger partial charge in [-0.15, -0.1) is 12.4 Å². The second kappa shape index (κ2) is 7.60. The average Bonchev–Trinajstić information content (AvgIpc) is 2.77. The molecule has 9 heteroatoms. The van der Waals surface area contributed by atoms with Gasteiger partial charge < -0.3 is 5.32 Å². The van der Waals surface area contributed by atoms with E-state index in [1.165, 1.54) is 21.1 Å². The van der Waals surface area contributed by atoms with Crippen LogP contribution in [0.1, 0.15) is 12.0 Å². The van der Waals surface area contributed by atoms with Crippen molar-refractivity contribution in [3.63, 3.8) is 0 Å². The molecule has 1 fully saturated rings. The first-order valence-electron chi connectivity index (χ1n) is 7.50. The summed E-state index contributed by atoms with van der Waals surface area (Å²) in [4.78, 5) is -0.0236. The van der Waals surface area contributed by atoms with Crippen molar-refractivity contribution >= 4 is 22.4 Å². The lowest BCUT2D eigenvalue weighted by Gasteiger charge is -2.20. The highest BCUT2D eigenvalue weighted by Gasteiger charge is 2.26. The van der Waals surface area contributed by atoms with Gasteiger partial charge in [0.15, 0.2) is 0 Å². The average molecular weight is 375 g/mol. The van der Waals surface area contributed by atoms with Crippen LogP contribution in [-0.2, 0) is 10.0 Å². The van der Waals surface area contributed by atoms with E-state index in [4.69, 9.17) is 0 Å². The maximum absolute atomic E-state index is 14.4. The summed E-state index contributed by atoms with van der Waals surface area (Å²) >= 11 is 0. The number of rotatable bonds is 3. The Morgan fingerprint density at radius 3 is 2.71 bits per heavy atom. The van der Waals surface area contributed by atoms with Crippen LogP contribution in [0, 0.1) is 12.7 Å². The molecule has 1 N–H and O–H groups in total. The lowest BCUT2D eigenvalue weighted by Crippen LogP contribution is -2.34. The van der Waals surface area contributed by atoms with Crippen LogP contribution in [0.3, 0.4) is 0 Å². The van der Waals surface area contributed by atoms with Crippen molar-refractivity contribution in [3.05, 3.63) is 42.0 Å². The van der Waals surface area contributed by atoms with E-state index in [0.29, 0.717) is 19.6 Å². The van der Waals surface area contributed by atoms with Gasteiger partial charge in [0.1, 0.15) is 11.5 Å². The third-order valence-electron chi connectivity index (χ3n) is 3.81. The van der Waals surface area contributed by atoms with Crippen LogP contribution in [0.15, 0.2) is 35.5 Å². The molecule has 0 amide bonds. The van der Waals surface area contributed by atoms with Gasteiger partial charge in [-0.05, 0) is 43.7 Å². The van der Waals surface area contributed by atoms with Crippen LogP contribution in [0.4, 0.5) is 4.39 Å². The molecule has 1 saturated heterocycles. The van der Waals surface area contributed by atoms with Gasteiger partial charge in [-0.1, -0.05) is 0 Å². The predicted molar refractivity (Wildman–Crippen MR) is 91.8 cm³/mol. The number of benzene rings is 1. The summed E-state index contributed by atoms with van der Waals surface area (Å²) in [6.45, 7) is 4.08. The summed E-state index contributed by atoms with van der Waals surface area (Å²) in [5, 5.41) is 7.20. The van der Waals surface area contributed by atoms with Gasteiger partial charge >= 0.3 is 0 Å². The molecule has 0 saturated carbocycles. The molecule has 3 rings (SSSR count). The second-order valence-corrected chi connectivity index (χ2v) is 7.52. The van der Waals surface area contributed by atoms with Gasteiger partial charge in [-0.3, -0.25) is 0 Å². The topological polar surface area (TPSA) is 67.2 Å². The van der Waals surface area contributed by atoms with E-state index in [1.54, 1.807) is 12.4 Å². The molecule has 1 aliphatic heterocycles. The summed E-state index contributed by atoms with van der Waals surface area (Å²) < 4.78 is 42.5. The van der Waals surface area contributed by atoms with E-state index in [-0.39, 0.29) is 23.0 Å². The highest BCUT2D eigenvalue weighted by atomic mass is 35.5. The predicted octanol–water partition coefficient (Wildman–Crippen LogP) is 1.73. The third-order valence-corrected chi connectivity index (χ3v) is 5.71. The molecule has 24 heavy (non-hydrogen) atoms. The van der Waals surface area contributed by atoms with Gasteiger partial charge in [0.25, 0.3) is 0 Å². The molecular formula is C15H20ClFN4O2S. The fraction of sp³-hybridized carbons (Fsp3) is 0.400. The molecule has 1 aromatic heterocycles. The number of hydrogen-bond donors (Lipinski definition) is 1. The van der Waals surface area contributed by atoms with Crippen molar-refractivity contribution in [1.29, 1.82) is 0 Å². The molecule has 0 bridgehead atoms. The molecule has 2 heterocycles. The van der Waals surface area contributed by atoms with Crippen molar-refractivity contribution in [2.24, 2.45) is 0 Å². The lowest BCUT2D eigenvalue weighted by atomic mass is 10.3. The number of sulfonamides is 1. The van der Waals surface area contributed by atoms with Crippen molar-refractivity contribution in [3.8, 4) is 5.69 Å². The van der Waals surface area contributed by atoms with Crippen LogP contribution >= 0.6 is 12.4 Å². The highest BCUT2D eigenvalue weighted by molar-refractivity contribution is 7.89. The number of aromatic nitrogens is 2. The largest absolute Gasteiger partial charge is 0.315 e. The molecule has 0 atom stereocenters. The first-order valence-corrected chi connectivity index (χ1v) is 8.94. The standard InChI is InChI=1S/C15H19FN4O2S.ClH/c1-12-10-18-20(11-12)15-4-3-13(9-14(15)16)23(21,22)19-7-2-5-17-6-8-19;/h3-4,9-11,17H,2,5-8H2,1H3;1H. The summed E-state index contributed by atoms with van der Waals surface area (Å²) in [5.41, 5.74) is 1.13. The molecule has 0 spiro atoms. The minimum atomic E-state index is -3.68. The molecule has 6 nitrogen and oxygen atoms in total. The maximum atomic E-state index is 14.4. The Hall–Kier alpha value is -1.48. The highest BCUT2D eigenvalue weighted by Crippen LogP contribution is 2.21. The Labute approximate surface area is 147 Å². The number of nitrogens with one attached hydrogen (secondary N) is 1. The first-order chi connectivity index (χ1) is 11.0. The molecule has 0 unspecified atom stereocenters. The molecular weight excluding hydrogens is 355 g/mol. The minimum Gasteiger partial charge on any atom is -0.315 e. The summed E-state index contributed by atoms with van der Waals surface area (Å²) in [6, 6.07) is 3.95. The van der Waals surface area contributed by atoms with Gasteiger partial charge in [-0.25, -0.2) is 17.5 Å². The van der Waals surface area contributed by atoms with Crippen molar-refractivity contribution in [2.45, 2.75) is 18.2 Å². The molecule has 0 radical (unpaired) electrons. The molecule has 2 aromatic rings. The van der Waals surface area contributed by atoms with E-state index in [0.717, 1.165) is 24.6 Å². The normalized spacial score (nSPS) is 16.4. The summed E-state index contributed by atoms with van der Waals surface area (Å²) in [5.74, 6) is -0.609. The quantitative estimate of drug-likeness (QED) is 0.888. The van der Waals surface area contributed by atoms with Crippen LogP contribution < -0.4 is 5.32 Å². The van der Waals surface area contributed by atoms with Gasteiger partial charge in [0.2, 0.25) is 10.0 Å². The lowest BCUT2D eigenvalue weighted by molar-refractivity contribution is 0.431. The van der Waals surface area contributed by atoms with Crippen LogP contribution in [-0.4, -0.2) is 48.7 Å². The number of halogens is 2. The first kappa shape index (κ1) is 18.9. The van der Waals surface area contributed by atoms with Gasteiger partial charge in [0, 0.05) is 25.8 Å². The fourth-order valence-electron chi connectivity index (χ4n) is 2.59. The Balaban J connectivity index is 0.00000208. The number of aryl methyl sites for hydroxylation is 1. The van der Waals surface area contributed by atoms with E-state index in [1.807, 2.05) is 6.92 Å². The molecule has 0 aliphatic carbocycles. The Kier molecular flexibility index (Phi) is 5.97. The zero-order chi connectivity index (χ0) is 16.4. The van der Waals surface area contributed by atoms with E-state index in [9.17, 15) is 12.8 Å². The SMILES string of the molecule is Cc1cnn(-c2ccc(S(=O)(=O)N3CCCNCC3)cc2F)c1.Cl. The Morgan fingerprint density at radius 2 is 2.04 bits per heavy atom. The Bertz CT molecular complexity index is 802. The smallest absolute Gasteiger partial charge is 0.243 e. The molecule has 1 aromatic carbocycles. The maximum Gasteiger partial charge on any atom is 0.243 e. The minimum absolute atomic E-state index is 0. The van der Waals surface area contributed by atoms with Crippen LogP contribution in [0.2, 0.25) is 0 Å². The number of hydrogen-bond acceptors (Lipinski definition) is 4. The van der Waals surface area contributed by atoms with Crippen molar-refractivity contribution in [1.82, 2.24) is 19.4 Å². The van der Waals surface area contributed by atoms with Gasteiger partial charge in [-0.2, -0.15) is 9.40 Å². The van der Waals surface area contributed by atoms with E-state index in [2.05, 4.69) is 10.4 Å². The Morgan fingerprint density at radius 1 is 1.25 bits per heavy atom. The third kappa shape index (κ3) is 3.77. The van der Waals surface area contributed by atoms with Crippen molar-refractivity contribution in [2.75, 3.05) is 26.2 Å². The van der Waals surface area contributed by atoms with Crippen molar-refractivity contribution < 1.29 is 12.8 Å². The van der Waals surface area contributed by atoms with E-state index < -0.39 is 15.8 Å². The monoisotopic (exact) mass is 374 g/mol. The summed E-state index contributed by atoms with van der Waals surface area (Å²) in [7, 11) is -3.68. The van der Waals surface area contributed by atoms with Crippen LogP contribution in [0.25, 0.3) is 5.69 Å². The van der Waals surface area contributed by atoms with E-state index >= 15 is 0 Å².